The summed E-state index contributed by atoms with van der Waals surface area (Å²) < 4.78 is 21.3. The maximum absolute atomic E-state index is 14.4. The Labute approximate surface area is 148 Å². The Morgan fingerprint density at radius 2 is 1.96 bits per heavy atom. The van der Waals surface area contributed by atoms with Crippen molar-refractivity contribution in [1.82, 2.24) is 14.5 Å². The molecule has 2 aromatic carbocycles. The molecule has 0 bridgehead atoms. The van der Waals surface area contributed by atoms with Gasteiger partial charge in [-0.05, 0) is 24.3 Å². The number of halogens is 1. The van der Waals surface area contributed by atoms with Crippen LogP contribution in [0.15, 0.2) is 61.1 Å². The lowest BCUT2D eigenvalue weighted by atomic mass is 10.1. The van der Waals surface area contributed by atoms with Crippen LogP contribution in [0.25, 0.3) is 28.0 Å². The summed E-state index contributed by atoms with van der Waals surface area (Å²) in [5.41, 5.74) is 3.12. The van der Waals surface area contributed by atoms with E-state index in [0.717, 1.165) is 5.56 Å². The molecule has 0 aliphatic heterocycles. The van der Waals surface area contributed by atoms with E-state index in [0.29, 0.717) is 33.7 Å². The Hall–Kier alpha value is -3.72. The van der Waals surface area contributed by atoms with Gasteiger partial charge in [-0.3, -0.25) is 0 Å². The summed E-state index contributed by atoms with van der Waals surface area (Å²) in [5, 5.41) is 9.47. The largest absolute Gasteiger partial charge is 0.497 e. The third-order valence-electron chi connectivity index (χ3n) is 4.15. The summed E-state index contributed by atoms with van der Waals surface area (Å²) in [5.74, 6) is 0.285. The van der Waals surface area contributed by atoms with Crippen LogP contribution < -0.4 is 4.74 Å². The molecular weight excluding hydrogens is 331 g/mol. The summed E-state index contributed by atoms with van der Waals surface area (Å²) >= 11 is 0. The van der Waals surface area contributed by atoms with Gasteiger partial charge in [0.15, 0.2) is 0 Å². The quantitative estimate of drug-likeness (QED) is 0.561. The van der Waals surface area contributed by atoms with Crippen molar-refractivity contribution in [3.05, 3.63) is 72.4 Å². The van der Waals surface area contributed by atoms with Crippen LogP contribution in [0.3, 0.4) is 0 Å². The fourth-order valence-electron chi connectivity index (χ4n) is 2.96. The molecule has 0 saturated carbocycles. The van der Waals surface area contributed by atoms with Gasteiger partial charge in [-0.15, -0.1) is 0 Å². The van der Waals surface area contributed by atoms with E-state index in [1.54, 1.807) is 36.1 Å². The van der Waals surface area contributed by atoms with Crippen LogP contribution in [0.4, 0.5) is 4.39 Å². The number of nitriles is 1. The van der Waals surface area contributed by atoms with E-state index in [2.05, 4.69) is 16.0 Å². The monoisotopic (exact) mass is 344 g/mol. The maximum Gasteiger partial charge on any atom is 0.147 e. The molecule has 4 aromatic rings. The molecule has 126 valence electrons. The molecule has 0 N–H and O–H groups in total. The van der Waals surface area contributed by atoms with E-state index >= 15 is 0 Å². The Morgan fingerprint density at radius 3 is 2.73 bits per heavy atom. The van der Waals surface area contributed by atoms with Crippen LogP contribution in [0, 0.1) is 17.1 Å². The highest BCUT2D eigenvalue weighted by Gasteiger charge is 2.18. The van der Waals surface area contributed by atoms with Gasteiger partial charge in [0, 0.05) is 11.8 Å². The molecule has 2 aromatic heterocycles. The fourth-order valence-corrected chi connectivity index (χ4v) is 2.96. The summed E-state index contributed by atoms with van der Waals surface area (Å²) in [4.78, 5) is 8.65. The highest BCUT2D eigenvalue weighted by atomic mass is 19.1. The van der Waals surface area contributed by atoms with Crippen molar-refractivity contribution < 1.29 is 9.13 Å². The number of rotatable bonds is 3. The molecule has 0 spiro atoms. The summed E-state index contributed by atoms with van der Waals surface area (Å²) in [6.45, 7) is 0. The Balaban J connectivity index is 2.08. The second-order valence-electron chi connectivity index (χ2n) is 5.63. The zero-order chi connectivity index (χ0) is 18.1. The Morgan fingerprint density at radius 1 is 1.12 bits per heavy atom. The minimum atomic E-state index is -0.394. The fraction of sp³-hybridized carbons (Fsp3) is 0.0500. The lowest BCUT2D eigenvalue weighted by Crippen LogP contribution is -1.99. The van der Waals surface area contributed by atoms with Gasteiger partial charge in [-0.2, -0.15) is 5.26 Å². The Kier molecular flexibility index (Phi) is 3.82. The molecule has 0 fully saturated rings. The van der Waals surface area contributed by atoms with Crippen molar-refractivity contribution in [2.75, 3.05) is 7.11 Å². The zero-order valence-electron chi connectivity index (χ0n) is 13.8. The first kappa shape index (κ1) is 15.8. The van der Waals surface area contributed by atoms with Crippen molar-refractivity contribution in [3.8, 4) is 28.8 Å². The molecule has 6 heteroatoms. The summed E-state index contributed by atoms with van der Waals surface area (Å²) in [7, 11) is 1.59. The van der Waals surface area contributed by atoms with E-state index in [1.807, 2.05) is 24.3 Å². The van der Waals surface area contributed by atoms with Gasteiger partial charge in [-0.1, -0.05) is 24.3 Å². The van der Waals surface area contributed by atoms with E-state index in [1.165, 1.54) is 12.4 Å². The molecule has 4 rings (SSSR count). The minimum absolute atomic E-state index is 0.331. The molecule has 5 nitrogen and oxygen atoms in total. The molecule has 0 saturated heterocycles. The van der Waals surface area contributed by atoms with Gasteiger partial charge in [0.2, 0.25) is 0 Å². The molecule has 0 amide bonds. The van der Waals surface area contributed by atoms with Gasteiger partial charge in [0.05, 0.1) is 29.6 Å². The lowest BCUT2D eigenvalue weighted by molar-refractivity contribution is 0.415. The van der Waals surface area contributed by atoms with E-state index in [-0.39, 0.29) is 0 Å². The van der Waals surface area contributed by atoms with Crippen LogP contribution in [-0.4, -0.2) is 21.6 Å². The first-order valence-corrected chi connectivity index (χ1v) is 7.88. The normalized spacial score (nSPS) is 10.7. The molecule has 0 radical (unpaired) electrons. The van der Waals surface area contributed by atoms with Crippen LogP contribution >= 0.6 is 0 Å². The molecule has 0 aliphatic rings. The van der Waals surface area contributed by atoms with Crippen LogP contribution in [-0.2, 0) is 0 Å². The highest BCUT2D eigenvalue weighted by Crippen LogP contribution is 2.32. The van der Waals surface area contributed by atoms with Crippen molar-refractivity contribution >= 4 is 11.0 Å². The predicted molar refractivity (Wildman–Crippen MR) is 95.5 cm³/mol. The number of methoxy groups -OCH3 is 1. The number of nitrogens with zero attached hydrogens (tertiary/aromatic N) is 4. The molecule has 0 atom stereocenters. The number of fused-ring (bicyclic) bond motifs is 1. The first-order chi connectivity index (χ1) is 12.7. The number of benzene rings is 2. The highest BCUT2D eigenvalue weighted by molar-refractivity contribution is 5.94. The van der Waals surface area contributed by atoms with Crippen molar-refractivity contribution in [2.24, 2.45) is 0 Å². The smallest absolute Gasteiger partial charge is 0.147 e. The van der Waals surface area contributed by atoms with Gasteiger partial charge in [0.1, 0.15) is 29.5 Å². The SMILES string of the molecule is COc1cccc(-c2ncnc3c(C#N)cn(-c4ccccc4F)c23)c1. The van der Waals surface area contributed by atoms with Gasteiger partial charge < -0.3 is 9.30 Å². The summed E-state index contributed by atoms with van der Waals surface area (Å²) in [6.07, 6.45) is 2.99. The van der Waals surface area contributed by atoms with Crippen LogP contribution in [0.5, 0.6) is 5.75 Å². The number of aromatic nitrogens is 3. The minimum Gasteiger partial charge on any atom is -0.497 e. The average Bonchev–Trinajstić information content (AvgIpc) is 3.07. The van der Waals surface area contributed by atoms with Crippen LogP contribution in [0.1, 0.15) is 5.56 Å². The number of ether oxygens (including phenoxy) is 1. The summed E-state index contributed by atoms with van der Waals surface area (Å²) in [6, 6.07) is 15.9. The van der Waals surface area contributed by atoms with Gasteiger partial charge in [-0.25, -0.2) is 14.4 Å². The van der Waals surface area contributed by atoms with Crippen molar-refractivity contribution in [2.45, 2.75) is 0 Å². The van der Waals surface area contributed by atoms with Gasteiger partial charge in [0.25, 0.3) is 0 Å². The Bertz CT molecular complexity index is 1160. The number of hydrogen-bond donors (Lipinski definition) is 0. The molecule has 26 heavy (non-hydrogen) atoms. The third kappa shape index (κ3) is 2.47. The topological polar surface area (TPSA) is 63.7 Å². The second kappa shape index (κ2) is 6.30. The second-order valence-corrected chi connectivity index (χ2v) is 5.63. The third-order valence-corrected chi connectivity index (χ3v) is 4.15. The average molecular weight is 344 g/mol. The zero-order valence-corrected chi connectivity index (χ0v) is 13.8. The maximum atomic E-state index is 14.4. The lowest BCUT2D eigenvalue weighted by Gasteiger charge is -2.10. The predicted octanol–water partition coefficient (Wildman–Crippen LogP) is 4.11. The molecule has 0 unspecified atom stereocenters. The number of hydrogen-bond acceptors (Lipinski definition) is 4. The molecule has 2 heterocycles. The van der Waals surface area contributed by atoms with Crippen molar-refractivity contribution in [1.29, 1.82) is 5.26 Å². The van der Waals surface area contributed by atoms with E-state index in [4.69, 9.17) is 4.74 Å². The molecular formula is C20H13FN4O. The van der Waals surface area contributed by atoms with E-state index < -0.39 is 5.82 Å². The standard InChI is InChI=1S/C20H13FN4O/c1-26-15-6-4-5-13(9-15)18-20-19(24-12-23-18)14(10-22)11-25(20)17-8-3-2-7-16(17)21/h2-9,11-12H,1H3. The van der Waals surface area contributed by atoms with Crippen LogP contribution in [0.2, 0.25) is 0 Å². The first-order valence-electron chi connectivity index (χ1n) is 7.88. The van der Waals surface area contributed by atoms with E-state index in [9.17, 15) is 9.65 Å². The molecule has 0 aliphatic carbocycles. The number of para-hydroxylation sites is 1. The van der Waals surface area contributed by atoms with Gasteiger partial charge >= 0.3 is 0 Å². The van der Waals surface area contributed by atoms with Crippen molar-refractivity contribution in [3.63, 3.8) is 0 Å².